The van der Waals surface area contributed by atoms with Crippen LogP contribution in [-0.2, 0) is 19.8 Å². The third kappa shape index (κ3) is 7.70. The van der Waals surface area contributed by atoms with E-state index in [4.69, 9.17) is 26.2 Å². The minimum Gasteiger partial charge on any atom is -0.489 e. The Bertz CT molecular complexity index is 1150. The van der Waals surface area contributed by atoms with E-state index < -0.39 is 5.97 Å². The minimum absolute atomic E-state index is 0.253. The molecular weight excluding hydrogens is 532 g/mol. The maximum atomic E-state index is 11.1. The number of hydrogen-bond acceptors (Lipinski definition) is 5. The first kappa shape index (κ1) is 25.5. The molecule has 0 saturated carbocycles. The summed E-state index contributed by atoms with van der Waals surface area (Å²) in [6.07, 6.45) is 1.20. The average molecular weight is 560 g/mol. The molecule has 3 aromatic carbocycles. The van der Waals surface area contributed by atoms with Crippen LogP contribution in [0.15, 0.2) is 65.1 Å². The Morgan fingerprint density at radius 1 is 1.03 bits per heavy atom. The summed E-state index contributed by atoms with van der Waals surface area (Å²) in [5.41, 5.74) is 3.20. The Labute approximate surface area is 218 Å². The van der Waals surface area contributed by atoms with E-state index in [1.807, 2.05) is 36.4 Å². The molecule has 1 atom stereocenters. The van der Waals surface area contributed by atoms with Crippen LogP contribution < -0.4 is 20.1 Å². The molecule has 0 amide bonds. The van der Waals surface area contributed by atoms with Gasteiger partial charge >= 0.3 is 5.97 Å². The zero-order chi connectivity index (χ0) is 24.6. The number of rotatable bonds is 11. The molecule has 1 saturated heterocycles. The van der Waals surface area contributed by atoms with Gasteiger partial charge in [-0.2, -0.15) is 0 Å². The average Bonchev–Trinajstić information content (AvgIpc) is 3.36. The Hall–Kier alpha value is -2.58. The summed E-state index contributed by atoms with van der Waals surface area (Å²) >= 11 is 9.59. The molecule has 0 aliphatic carbocycles. The molecule has 0 aromatic heterocycles. The summed E-state index contributed by atoms with van der Waals surface area (Å²) in [6.45, 7) is 4.53. The van der Waals surface area contributed by atoms with Crippen LogP contribution in [0.25, 0.3) is 0 Å². The first-order valence-electron chi connectivity index (χ1n) is 11.5. The molecule has 1 heterocycles. The second-order valence-corrected chi connectivity index (χ2v) is 9.91. The third-order valence-corrected chi connectivity index (χ3v) is 6.85. The quantitative estimate of drug-likeness (QED) is 0.281. The largest absolute Gasteiger partial charge is 0.489 e. The van der Waals surface area contributed by atoms with E-state index in [2.05, 4.69) is 26.6 Å². The van der Waals surface area contributed by atoms with Gasteiger partial charge in [-0.25, -0.2) is 4.79 Å². The number of aromatic carboxylic acids is 1. The van der Waals surface area contributed by atoms with E-state index in [1.165, 1.54) is 6.42 Å². The van der Waals surface area contributed by atoms with E-state index in [9.17, 15) is 4.79 Å². The van der Waals surface area contributed by atoms with Crippen molar-refractivity contribution in [3.05, 3.63) is 92.4 Å². The second-order valence-electron chi connectivity index (χ2n) is 8.62. The maximum absolute atomic E-state index is 11.1. The second kappa shape index (κ2) is 12.4. The molecule has 6 nitrogen and oxygen atoms in total. The van der Waals surface area contributed by atoms with Gasteiger partial charge in [-0.15, -0.1) is 0 Å². The van der Waals surface area contributed by atoms with Crippen molar-refractivity contribution < 1.29 is 19.4 Å². The molecule has 0 bridgehead atoms. The van der Waals surface area contributed by atoms with E-state index in [-0.39, 0.29) is 5.56 Å². The lowest BCUT2D eigenvalue weighted by molar-refractivity contribution is 0.0697. The van der Waals surface area contributed by atoms with E-state index >= 15 is 0 Å². The smallest absolute Gasteiger partial charge is 0.335 e. The van der Waals surface area contributed by atoms with Crippen molar-refractivity contribution in [3.63, 3.8) is 0 Å². The van der Waals surface area contributed by atoms with Crippen LogP contribution in [0.3, 0.4) is 0 Å². The molecular formula is C27H28BrClN2O4. The van der Waals surface area contributed by atoms with Crippen LogP contribution >= 0.6 is 27.5 Å². The Morgan fingerprint density at radius 2 is 1.77 bits per heavy atom. The number of benzene rings is 3. The van der Waals surface area contributed by atoms with E-state index in [1.54, 1.807) is 24.3 Å². The van der Waals surface area contributed by atoms with Gasteiger partial charge < -0.3 is 25.2 Å². The van der Waals surface area contributed by atoms with Gasteiger partial charge in [0.1, 0.15) is 24.7 Å². The summed E-state index contributed by atoms with van der Waals surface area (Å²) in [4.78, 5) is 11.1. The summed E-state index contributed by atoms with van der Waals surface area (Å²) in [5.74, 6) is 1.12. The van der Waals surface area contributed by atoms with Crippen molar-refractivity contribution in [2.45, 2.75) is 26.2 Å². The molecule has 1 fully saturated rings. The highest BCUT2D eigenvalue weighted by atomic mass is 79.9. The molecule has 8 heteroatoms. The van der Waals surface area contributed by atoms with Gasteiger partial charge in [0.15, 0.2) is 0 Å². The molecule has 3 N–H and O–H groups in total. The van der Waals surface area contributed by atoms with Crippen molar-refractivity contribution >= 4 is 33.5 Å². The van der Waals surface area contributed by atoms with Gasteiger partial charge in [0.25, 0.3) is 0 Å². The van der Waals surface area contributed by atoms with Gasteiger partial charge in [0.05, 0.1) is 5.56 Å². The summed E-state index contributed by atoms with van der Waals surface area (Å²) in [7, 11) is 0. The minimum atomic E-state index is -0.944. The lowest BCUT2D eigenvalue weighted by atomic mass is 10.1. The van der Waals surface area contributed by atoms with Gasteiger partial charge in [0.2, 0.25) is 0 Å². The van der Waals surface area contributed by atoms with Crippen LogP contribution in [0.1, 0.15) is 33.5 Å². The van der Waals surface area contributed by atoms with Gasteiger partial charge in [0, 0.05) is 27.7 Å². The fraction of sp³-hybridized carbons (Fsp3) is 0.296. The fourth-order valence-corrected chi connectivity index (χ4v) is 4.72. The van der Waals surface area contributed by atoms with Gasteiger partial charge in [-0.05, 0) is 79.5 Å². The monoisotopic (exact) mass is 558 g/mol. The molecule has 1 aliphatic heterocycles. The number of carboxylic acid groups (broad SMARTS) is 1. The predicted molar refractivity (Wildman–Crippen MR) is 140 cm³/mol. The predicted octanol–water partition coefficient (Wildman–Crippen LogP) is 5.66. The molecule has 1 unspecified atom stereocenters. The van der Waals surface area contributed by atoms with E-state index in [0.717, 1.165) is 40.8 Å². The van der Waals surface area contributed by atoms with Crippen molar-refractivity contribution in [2.24, 2.45) is 5.92 Å². The number of carbonyl (C=O) groups is 1. The van der Waals surface area contributed by atoms with Crippen LogP contribution in [-0.4, -0.2) is 30.7 Å². The number of ether oxygens (including phenoxy) is 2. The lowest BCUT2D eigenvalue weighted by Gasteiger charge is -2.15. The zero-order valence-corrected chi connectivity index (χ0v) is 21.6. The Morgan fingerprint density at radius 3 is 2.43 bits per heavy atom. The standard InChI is InChI=1S/C27H28BrClN2O4/c28-26-11-23(29)6-5-22(26)17-35-25-10-20(15-31-14-19-7-8-30-13-19)9-24(12-25)34-16-18-1-3-21(4-2-18)27(32)33/h1-6,9-12,19,30-31H,7-8,13-17H2,(H,32,33). The maximum Gasteiger partial charge on any atom is 0.335 e. The van der Waals surface area contributed by atoms with Crippen LogP contribution in [0.5, 0.6) is 11.5 Å². The lowest BCUT2D eigenvalue weighted by Crippen LogP contribution is -2.24. The molecule has 1 aliphatic rings. The normalized spacial score (nSPS) is 15.2. The highest BCUT2D eigenvalue weighted by molar-refractivity contribution is 9.10. The van der Waals surface area contributed by atoms with Crippen molar-refractivity contribution in [1.29, 1.82) is 0 Å². The van der Waals surface area contributed by atoms with Gasteiger partial charge in [-0.3, -0.25) is 0 Å². The Balaban J connectivity index is 1.44. The summed E-state index contributed by atoms with van der Waals surface area (Å²) in [6, 6.07) is 18.2. The Kier molecular flexibility index (Phi) is 9.04. The third-order valence-electron chi connectivity index (χ3n) is 5.88. The van der Waals surface area contributed by atoms with Gasteiger partial charge in [-0.1, -0.05) is 45.7 Å². The topological polar surface area (TPSA) is 79.8 Å². The van der Waals surface area contributed by atoms with Crippen molar-refractivity contribution in [1.82, 2.24) is 10.6 Å². The zero-order valence-electron chi connectivity index (χ0n) is 19.2. The first-order valence-corrected chi connectivity index (χ1v) is 12.7. The van der Waals surface area contributed by atoms with Crippen LogP contribution in [0.4, 0.5) is 0 Å². The number of nitrogens with one attached hydrogen (secondary N) is 2. The first-order chi connectivity index (χ1) is 17.0. The SMILES string of the molecule is O=C(O)c1ccc(COc2cc(CNCC3CCNC3)cc(OCc3ccc(Cl)cc3Br)c2)cc1. The summed E-state index contributed by atoms with van der Waals surface area (Å²) < 4.78 is 13.1. The van der Waals surface area contributed by atoms with Crippen molar-refractivity contribution in [2.75, 3.05) is 19.6 Å². The molecule has 0 radical (unpaired) electrons. The summed E-state index contributed by atoms with van der Waals surface area (Å²) in [5, 5.41) is 16.7. The van der Waals surface area contributed by atoms with Crippen LogP contribution in [0.2, 0.25) is 5.02 Å². The van der Waals surface area contributed by atoms with E-state index in [0.29, 0.717) is 42.2 Å². The highest BCUT2D eigenvalue weighted by Gasteiger charge is 2.14. The number of halogens is 2. The molecule has 4 rings (SSSR count). The number of carboxylic acids is 1. The molecule has 3 aromatic rings. The van der Waals surface area contributed by atoms with Crippen molar-refractivity contribution in [3.8, 4) is 11.5 Å². The number of hydrogen-bond donors (Lipinski definition) is 3. The van der Waals surface area contributed by atoms with Crippen LogP contribution in [0, 0.1) is 5.92 Å². The molecule has 35 heavy (non-hydrogen) atoms. The fourth-order valence-electron chi connectivity index (χ4n) is 3.92. The molecule has 0 spiro atoms. The molecule has 184 valence electrons. The highest BCUT2D eigenvalue weighted by Crippen LogP contribution is 2.27.